The van der Waals surface area contributed by atoms with E-state index in [0.717, 1.165) is 5.52 Å². The lowest BCUT2D eigenvalue weighted by Gasteiger charge is -1.91. The molecule has 0 atom stereocenters. The molecule has 0 aliphatic heterocycles. The number of pyridine rings is 1. The van der Waals surface area contributed by atoms with Gasteiger partial charge in [0.1, 0.15) is 0 Å². The Labute approximate surface area is 74.2 Å². The van der Waals surface area contributed by atoms with E-state index in [4.69, 9.17) is 0 Å². The average Bonchev–Trinajstić information content (AvgIpc) is 2.87. The molecule has 0 radical (unpaired) electrons. The van der Waals surface area contributed by atoms with E-state index in [0.29, 0.717) is 11.4 Å². The van der Waals surface area contributed by atoms with Crippen molar-refractivity contribution in [3.8, 4) is 0 Å². The molecular formula is C9H9N3O. The molecule has 0 aromatic carbocycles. The van der Waals surface area contributed by atoms with Crippen molar-refractivity contribution in [3.05, 3.63) is 28.8 Å². The molecule has 2 aromatic rings. The normalized spacial score (nSPS) is 16.6. The Balaban J connectivity index is 2.32. The van der Waals surface area contributed by atoms with Crippen molar-refractivity contribution in [1.82, 2.24) is 14.8 Å². The van der Waals surface area contributed by atoms with Crippen LogP contribution >= 0.6 is 0 Å². The monoisotopic (exact) mass is 175 g/mol. The van der Waals surface area contributed by atoms with E-state index in [-0.39, 0.29) is 5.56 Å². The molecule has 0 spiro atoms. The minimum atomic E-state index is -0.0515. The number of rotatable bonds is 1. The van der Waals surface area contributed by atoms with Crippen LogP contribution in [0.15, 0.2) is 23.3 Å². The minimum Gasteiger partial charge on any atom is -0.328 e. The zero-order valence-corrected chi connectivity index (χ0v) is 7.03. The second-order valence-corrected chi connectivity index (χ2v) is 3.45. The number of nitrogens with zero attached hydrogens (tertiary/aromatic N) is 2. The van der Waals surface area contributed by atoms with Gasteiger partial charge < -0.3 is 4.98 Å². The van der Waals surface area contributed by atoms with Crippen LogP contribution in [0.3, 0.4) is 0 Å². The smallest absolute Gasteiger partial charge is 0.259 e. The highest BCUT2D eigenvalue weighted by Gasteiger charge is 2.24. The zero-order valence-electron chi connectivity index (χ0n) is 7.03. The molecule has 1 fully saturated rings. The van der Waals surface area contributed by atoms with Crippen molar-refractivity contribution in [2.45, 2.75) is 18.9 Å². The summed E-state index contributed by atoms with van der Waals surface area (Å²) in [5.41, 5.74) is 0.736. The highest BCUT2D eigenvalue weighted by molar-refractivity contribution is 5.76. The lowest BCUT2D eigenvalue weighted by atomic mass is 10.3. The van der Waals surface area contributed by atoms with Crippen LogP contribution in [0.4, 0.5) is 0 Å². The van der Waals surface area contributed by atoms with Crippen LogP contribution in [-0.2, 0) is 0 Å². The number of hydrogen-bond acceptors (Lipinski definition) is 2. The topological polar surface area (TPSA) is 50.7 Å². The van der Waals surface area contributed by atoms with Gasteiger partial charge >= 0.3 is 0 Å². The highest BCUT2D eigenvalue weighted by Crippen LogP contribution is 2.34. The summed E-state index contributed by atoms with van der Waals surface area (Å²) in [6.07, 6.45) is 5.85. The van der Waals surface area contributed by atoms with Crippen molar-refractivity contribution in [1.29, 1.82) is 0 Å². The summed E-state index contributed by atoms with van der Waals surface area (Å²) < 4.78 is 1.90. The van der Waals surface area contributed by atoms with E-state index in [1.807, 2.05) is 16.9 Å². The van der Waals surface area contributed by atoms with Gasteiger partial charge in [0.15, 0.2) is 0 Å². The van der Waals surface area contributed by atoms with Gasteiger partial charge in [-0.3, -0.25) is 9.48 Å². The van der Waals surface area contributed by atoms with Crippen LogP contribution in [0.5, 0.6) is 0 Å². The molecule has 13 heavy (non-hydrogen) atoms. The Morgan fingerprint density at radius 2 is 2.38 bits per heavy atom. The quantitative estimate of drug-likeness (QED) is 0.704. The average molecular weight is 175 g/mol. The highest BCUT2D eigenvalue weighted by atomic mass is 16.1. The molecule has 2 aromatic heterocycles. The third kappa shape index (κ3) is 0.983. The van der Waals surface area contributed by atoms with Gasteiger partial charge in [0, 0.05) is 12.4 Å². The largest absolute Gasteiger partial charge is 0.328 e. The molecule has 1 aliphatic carbocycles. The molecule has 4 heteroatoms. The zero-order chi connectivity index (χ0) is 8.84. The van der Waals surface area contributed by atoms with Crippen LogP contribution < -0.4 is 5.56 Å². The Bertz CT molecular complexity index is 507. The summed E-state index contributed by atoms with van der Waals surface area (Å²) in [7, 11) is 0. The van der Waals surface area contributed by atoms with Crippen molar-refractivity contribution >= 4 is 10.9 Å². The fourth-order valence-electron chi connectivity index (χ4n) is 1.50. The summed E-state index contributed by atoms with van der Waals surface area (Å²) in [5, 5.41) is 5.02. The number of fused-ring (bicyclic) bond motifs is 1. The molecule has 66 valence electrons. The van der Waals surface area contributed by atoms with Crippen LogP contribution in [-0.4, -0.2) is 14.8 Å². The molecule has 0 saturated heterocycles. The van der Waals surface area contributed by atoms with Gasteiger partial charge in [0.25, 0.3) is 5.56 Å². The van der Waals surface area contributed by atoms with Gasteiger partial charge in [-0.15, -0.1) is 0 Å². The first-order chi connectivity index (χ1) is 6.34. The number of nitrogens with one attached hydrogen (secondary N) is 1. The Morgan fingerprint density at radius 1 is 1.54 bits per heavy atom. The number of hydrogen-bond donors (Lipinski definition) is 1. The SMILES string of the molecule is O=c1[nH]ccc2nn(C3CC3)cc12. The number of aromatic amines is 1. The van der Waals surface area contributed by atoms with E-state index in [9.17, 15) is 4.79 Å². The number of aromatic nitrogens is 3. The van der Waals surface area contributed by atoms with Crippen LogP contribution in [0.2, 0.25) is 0 Å². The van der Waals surface area contributed by atoms with E-state index >= 15 is 0 Å². The van der Waals surface area contributed by atoms with E-state index < -0.39 is 0 Å². The van der Waals surface area contributed by atoms with Crippen molar-refractivity contribution in [3.63, 3.8) is 0 Å². The lowest BCUT2D eigenvalue weighted by molar-refractivity contribution is 0.649. The van der Waals surface area contributed by atoms with Gasteiger partial charge in [0.05, 0.1) is 16.9 Å². The van der Waals surface area contributed by atoms with E-state index in [1.165, 1.54) is 12.8 Å². The maximum absolute atomic E-state index is 11.3. The third-order valence-electron chi connectivity index (χ3n) is 2.38. The minimum absolute atomic E-state index is 0.0515. The van der Waals surface area contributed by atoms with E-state index in [2.05, 4.69) is 10.1 Å². The lowest BCUT2D eigenvalue weighted by Crippen LogP contribution is -2.02. The fourth-order valence-corrected chi connectivity index (χ4v) is 1.50. The van der Waals surface area contributed by atoms with E-state index in [1.54, 1.807) is 6.20 Å². The first-order valence-corrected chi connectivity index (χ1v) is 4.41. The van der Waals surface area contributed by atoms with Crippen LogP contribution in [0.1, 0.15) is 18.9 Å². The van der Waals surface area contributed by atoms with Gasteiger partial charge in [0.2, 0.25) is 0 Å². The summed E-state index contributed by atoms with van der Waals surface area (Å²) in [4.78, 5) is 14.0. The summed E-state index contributed by atoms with van der Waals surface area (Å²) >= 11 is 0. The maximum atomic E-state index is 11.3. The number of H-pyrrole nitrogens is 1. The molecule has 4 nitrogen and oxygen atoms in total. The second-order valence-electron chi connectivity index (χ2n) is 3.45. The van der Waals surface area contributed by atoms with Crippen molar-refractivity contribution in [2.24, 2.45) is 0 Å². The first-order valence-electron chi connectivity index (χ1n) is 4.41. The Hall–Kier alpha value is -1.58. The predicted molar refractivity (Wildman–Crippen MR) is 48.6 cm³/mol. The maximum Gasteiger partial charge on any atom is 0.259 e. The molecule has 2 heterocycles. The summed E-state index contributed by atoms with van der Waals surface area (Å²) in [6.45, 7) is 0. The Kier molecular flexibility index (Phi) is 1.17. The van der Waals surface area contributed by atoms with Crippen LogP contribution in [0, 0.1) is 0 Å². The molecule has 0 bridgehead atoms. The second kappa shape index (κ2) is 2.22. The predicted octanol–water partition coefficient (Wildman–Crippen LogP) is 1.06. The van der Waals surface area contributed by atoms with Gasteiger partial charge in [-0.2, -0.15) is 5.10 Å². The first kappa shape index (κ1) is 6.88. The fraction of sp³-hybridized carbons (Fsp3) is 0.333. The van der Waals surface area contributed by atoms with Crippen molar-refractivity contribution in [2.75, 3.05) is 0 Å². The van der Waals surface area contributed by atoms with Gasteiger partial charge in [-0.05, 0) is 18.9 Å². The van der Waals surface area contributed by atoms with Crippen LogP contribution in [0.25, 0.3) is 10.9 Å². The van der Waals surface area contributed by atoms with Gasteiger partial charge in [-0.25, -0.2) is 0 Å². The molecule has 0 amide bonds. The standard InChI is InChI=1S/C9H9N3O/c13-9-7-5-12(6-1-2-6)11-8(7)3-4-10-9/h3-6H,1-2H2,(H,10,13). The molecule has 1 saturated carbocycles. The summed E-state index contributed by atoms with van der Waals surface area (Å²) in [5.74, 6) is 0. The molecule has 1 N–H and O–H groups in total. The molecule has 3 rings (SSSR count). The Morgan fingerprint density at radius 3 is 3.08 bits per heavy atom. The summed E-state index contributed by atoms with van der Waals surface area (Å²) in [6, 6.07) is 2.36. The van der Waals surface area contributed by atoms with Gasteiger partial charge in [-0.1, -0.05) is 0 Å². The molecule has 0 unspecified atom stereocenters. The molecular weight excluding hydrogens is 166 g/mol. The molecule has 1 aliphatic rings. The third-order valence-corrected chi connectivity index (χ3v) is 2.38. The van der Waals surface area contributed by atoms with Crippen molar-refractivity contribution < 1.29 is 0 Å².